The second kappa shape index (κ2) is 8.95. The van der Waals surface area contributed by atoms with Gasteiger partial charge in [0.1, 0.15) is 17.0 Å². The van der Waals surface area contributed by atoms with Crippen molar-refractivity contribution in [2.24, 2.45) is 0 Å². The molecule has 208 valence electrons. The fourth-order valence-corrected chi connectivity index (χ4v) is 4.94. The predicted molar refractivity (Wildman–Crippen MR) is 133 cm³/mol. The highest BCUT2D eigenvalue weighted by Gasteiger charge is 2.51. The van der Waals surface area contributed by atoms with Crippen LogP contribution in [0.3, 0.4) is 0 Å². The lowest BCUT2D eigenvalue weighted by Crippen LogP contribution is -2.24. The second-order valence-corrected chi connectivity index (χ2v) is 9.19. The number of hydrogen-bond acceptors (Lipinski definition) is 3. The Bertz CT molecular complexity index is 1940. The quantitative estimate of drug-likeness (QED) is 0.152. The summed E-state index contributed by atoms with van der Waals surface area (Å²) in [4.78, 5) is 0. The van der Waals surface area contributed by atoms with Gasteiger partial charge in [-0.15, -0.1) is 10.2 Å². The van der Waals surface area contributed by atoms with Gasteiger partial charge in [0, 0.05) is 21.7 Å². The maximum absolute atomic E-state index is 14.3. The zero-order chi connectivity index (χ0) is 29.3. The van der Waals surface area contributed by atoms with Crippen molar-refractivity contribution in [3.8, 4) is 22.7 Å². The molecule has 0 atom stereocenters. The fraction of sp³-hybridized carbons (Fsp3) is 0.103. The van der Waals surface area contributed by atoms with Crippen molar-refractivity contribution in [2.45, 2.75) is 18.5 Å². The molecule has 6 rings (SSSR count). The maximum atomic E-state index is 14.3. The summed E-state index contributed by atoms with van der Waals surface area (Å²) in [5.74, 6) is 0.185. The highest BCUT2D eigenvalue weighted by Crippen LogP contribution is 2.51. The van der Waals surface area contributed by atoms with Gasteiger partial charge in [0.15, 0.2) is 5.76 Å². The van der Waals surface area contributed by atoms with E-state index in [1.165, 1.54) is 6.07 Å². The minimum absolute atomic E-state index is 0.0187. The molecule has 0 amide bonds. The molecule has 6 aromatic rings. The van der Waals surface area contributed by atoms with E-state index >= 15 is 0 Å². The largest absolute Gasteiger partial charge is 0.454 e. The number of rotatable bonds is 2. The number of para-hydroxylation sites is 1. The molecule has 0 saturated heterocycles. The summed E-state index contributed by atoms with van der Waals surface area (Å²) in [7, 11) is 0. The lowest BCUT2D eigenvalue weighted by Gasteiger charge is -2.23. The van der Waals surface area contributed by atoms with Gasteiger partial charge in [-0.3, -0.25) is 0 Å². The molecule has 0 aliphatic heterocycles. The Labute approximate surface area is 223 Å². The summed E-state index contributed by atoms with van der Waals surface area (Å²) >= 11 is 0. The van der Waals surface area contributed by atoms with E-state index in [1.807, 2.05) is 0 Å². The number of benzene rings is 4. The van der Waals surface area contributed by atoms with E-state index < -0.39 is 46.5 Å². The Morgan fingerprint density at radius 2 is 1.05 bits per heavy atom. The van der Waals surface area contributed by atoms with Crippen LogP contribution in [0.4, 0.5) is 39.5 Å². The number of nitrogens with zero attached hydrogens (tertiary/aromatic N) is 2. The molecule has 0 bridgehead atoms. The average Bonchev–Trinajstić information content (AvgIpc) is 3.33. The zero-order valence-corrected chi connectivity index (χ0v) is 20.2. The first-order chi connectivity index (χ1) is 19.2. The third kappa shape index (κ3) is 4.52. The van der Waals surface area contributed by atoms with Gasteiger partial charge >= 0.3 is 18.5 Å². The molecule has 0 aliphatic rings. The van der Waals surface area contributed by atoms with E-state index in [0.717, 1.165) is 0 Å². The zero-order valence-electron chi connectivity index (χ0n) is 20.2. The van der Waals surface area contributed by atoms with E-state index in [4.69, 9.17) is 4.42 Å². The van der Waals surface area contributed by atoms with E-state index in [2.05, 4.69) is 10.2 Å². The van der Waals surface area contributed by atoms with Crippen molar-refractivity contribution in [3.63, 3.8) is 0 Å². The van der Waals surface area contributed by atoms with Crippen molar-refractivity contribution >= 4 is 32.5 Å². The molecule has 2 aromatic heterocycles. The topological polar surface area (TPSA) is 38.9 Å². The first-order valence-electron chi connectivity index (χ1n) is 11.8. The van der Waals surface area contributed by atoms with Crippen molar-refractivity contribution in [3.05, 3.63) is 95.6 Å². The summed E-state index contributed by atoms with van der Waals surface area (Å²) in [5.41, 5.74) is -9.10. The van der Waals surface area contributed by atoms with Crippen LogP contribution in [-0.2, 0) is 18.5 Å². The predicted octanol–water partition coefficient (Wildman–Crippen LogP) is 9.92. The summed E-state index contributed by atoms with van der Waals surface area (Å²) in [5, 5.41) is 9.80. The van der Waals surface area contributed by atoms with Gasteiger partial charge in [-0.2, -0.15) is 39.5 Å². The highest BCUT2D eigenvalue weighted by atomic mass is 19.4. The fourth-order valence-electron chi connectivity index (χ4n) is 4.94. The number of hydrogen-bond donors (Lipinski definition) is 0. The number of furan rings is 1. The standard InChI is InChI=1S/C29H13F9N2O/c30-27(31,32)20-10-9-17(23(28(33,34)35)24(20)29(36,37)38)25-18-11-14-5-1-2-6-15(14)12-19(18)26(40-39-25)22-13-16-7-3-4-8-21(16)41-22/h1-13H. The molecule has 0 saturated carbocycles. The number of halogens is 9. The number of fused-ring (bicyclic) bond motifs is 3. The van der Waals surface area contributed by atoms with E-state index in [-0.39, 0.29) is 28.3 Å². The number of alkyl halides is 9. The van der Waals surface area contributed by atoms with Crippen LogP contribution in [0.5, 0.6) is 0 Å². The minimum Gasteiger partial charge on any atom is -0.454 e. The molecular formula is C29H13F9N2O. The van der Waals surface area contributed by atoms with Crippen molar-refractivity contribution in [1.29, 1.82) is 0 Å². The smallest absolute Gasteiger partial charge is 0.417 e. The maximum Gasteiger partial charge on any atom is 0.417 e. The first-order valence-corrected chi connectivity index (χ1v) is 11.8. The minimum atomic E-state index is -5.99. The molecule has 3 nitrogen and oxygen atoms in total. The highest BCUT2D eigenvalue weighted by molar-refractivity contribution is 6.08. The Balaban J connectivity index is 1.74. The summed E-state index contributed by atoms with van der Waals surface area (Å²) < 4.78 is 131. The van der Waals surface area contributed by atoms with Crippen molar-refractivity contribution in [1.82, 2.24) is 10.2 Å². The average molecular weight is 576 g/mol. The van der Waals surface area contributed by atoms with Gasteiger partial charge in [0.05, 0.1) is 16.7 Å². The molecule has 0 radical (unpaired) electrons. The van der Waals surface area contributed by atoms with E-state index in [0.29, 0.717) is 27.8 Å². The normalized spacial score (nSPS) is 13.0. The molecular weight excluding hydrogens is 563 g/mol. The summed E-state index contributed by atoms with van der Waals surface area (Å²) in [6.07, 6.45) is -17.5. The Morgan fingerprint density at radius 1 is 0.512 bits per heavy atom. The Kier molecular flexibility index (Phi) is 5.81. The molecule has 12 heteroatoms. The van der Waals surface area contributed by atoms with Crippen molar-refractivity contribution in [2.75, 3.05) is 0 Å². The van der Waals surface area contributed by atoms with Gasteiger partial charge in [-0.25, -0.2) is 0 Å². The van der Waals surface area contributed by atoms with Crippen LogP contribution in [0.1, 0.15) is 16.7 Å². The molecule has 4 aromatic carbocycles. The Hall–Kier alpha value is -4.61. The lowest BCUT2D eigenvalue weighted by atomic mass is 9.90. The molecule has 41 heavy (non-hydrogen) atoms. The molecule has 2 heterocycles. The SMILES string of the molecule is FC(F)(F)c1ccc(-c2nnc(-c3cc4ccccc4o3)c3cc4ccccc4cc23)c(C(F)(F)F)c1C(F)(F)F. The summed E-state index contributed by atoms with van der Waals surface area (Å²) in [6.45, 7) is 0. The van der Waals surface area contributed by atoms with Gasteiger partial charge in [-0.1, -0.05) is 48.5 Å². The monoisotopic (exact) mass is 576 g/mol. The molecule has 0 aliphatic carbocycles. The van der Waals surface area contributed by atoms with Crippen LogP contribution in [0.15, 0.2) is 83.3 Å². The van der Waals surface area contributed by atoms with Crippen LogP contribution < -0.4 is 0 Å². The van der Waals surface area contributed by atoms with Gasteiger partial charge in [0.25, 0.3) is 0 Å². The van der Waals surface area contributed by atoms with Crippen molar-refractivity contribution < 1.29 is 43.9 Å². The number of aromatic nitrogens is 2. The third-order valence-electron chi connectivity index (χ3n) is 6.64. The van der Waals surface area contributed by atoms with Gasteiger partial charge in [0.2, 0.25) is 0 Å². The molecule has 0 unspecified atom stereocenters. The van der Waals surface area contributed by atoms with Crippen LogP contribution in [0.25, 0.3) is 55.2 Å². The van der Waals surface area contributed by atoms with Crippen LogP contribution in [0, 0.1) is 0 Å². The van der Waals surface area contributed by atoms with Gasteiger partial charge < -0.3 is 4.42 Å². The molecule has 0 fully saturated rings. The van der Waals surface area contributed by atoms with Crippen LogP contribution in [0.2, 0.25) is 0 Å². The van der Waals surface area contributed by atoms with Gasteiger partial charge in [-0.05, 0) is 41.1 Å². The Morgan fingerprint density at radius 3 is 1.61 bits per heavy atom. The van der Waals surface area contributed by atoms with E-state index in [1.54, 1.807) is 60.7 Å². The molecule has 0 N–H and O–H groups in total. The summed E-state index contributed by atoms with van der Waals surface area (Å²) in [6, 6.07) is 18.5. The third-order valence-corrected chi connectivity index (χ3v) is 6.64. The first kappa shape index (κ1) is 26.6. The van der Waals surface area contributed by atoms with Crippen LogP contribution >= 0.6 is 0 Å². The lowest BCUT2D eigenvalue weighted by molar-refractivity contribution is -0.174. The second-order valence-electron chi connectivity index (χ2n) is 9.19. The van der Waals surface area contributed by atoms with Crippen LogP contribution in [-0.4, -0.2) is 10.2 Å². The molecule has 0 spiro atoms. The van der Waals surface area contributed by atoms with E-state index in [9.17, 15) is 39.5 Å².